The Bertz CT molecular complexity index is 29.9. The zero-order valence-corrected chi connectivity index (χ0v) is 2.21. The highest BCUT2D eigenvalue weighted by atomic mass is 19.0. The fraction of sp³-hybridized carbons (Fsp3) is 0. The second-order valence-corrected chi connectivity index (χ2v) is 0.283. The molecule has 0 aromatic heterocycles. The normalized spacial score (nSPS) is 4.80. The SMILES string of the molecule is F.O=C(O)O. The molecule has 0 heterocycles. The van der Waals surface area contributed by atoms with E-state index < -0.39 is 6.16 Å². The molecule has 0 amide bonds. The number of hydrogen-bond acceptors (Lipinski definition) is 1. The smallest absolute Gasteiger partial charge is 0.450 e. The maximum atomic E-state index is 8.56. The Morgan fingerprint density at radius 1 is 1.40 bits per heavy atom. The average Bonchev–Trinajstić information content (AvgIpc) is 0.811. The van der Waals surface area contributed by atoms with Gasteiger partial charge < -0.3 is 10.2 Å². The summed E-state index contributed by atoms with van der Waals surface area (Å²) in [4.78, 5) is 8.56. The van der Waals surface area contributed by atoms with E-state index in [1.165, 1.54) is 0 Å². The summed E-state index contributed by atoms with van der Waals surface area (Å²) in [5.41, 5.74) is 0. The number of halogens is 1. The minimum atomic E-state index is -1.83. The van der Waals surface area contributed by atoms with Crippen molar-refractivity contribution in [2.24, 2.45) is 0 Å². The van der Waals surface area contributed by atoms with Crippen LogP contribution >= 0.6 is 0 Å². The van der Waals surface area contributed by atoms with Crippen LogP contribution in [0.15, 0.2) is 0 Å². The van der Waals surface area contributed by atoms with Gasteiger partial charge in [-0.25, -0.2) is 4.79 Å². The second-order valence-electron chi connectivity index (χ2n) is 0.283. The summed E-state index contributed by atoms with van der Waals surface area (Å²) < 4.78 is 0. The van der Waals surface area contributed by atoms with Gasteiger partial charge in [-0.3, -0.25) is 4.70 Å². The lowest BCUT2D eigenvalue weighted by molar-refractivity contribution is 0.137. The van der Waals surface area contributed by atoms with Gasteiger partial charge in [-0.1, -0.05) is 0 Å². The van der Waals surface area contributed by atoms with Crippen molar-refractivity contribution in [1.82, 2.24) is 0 Å². The van der Waals surface area contributed by atoms with E-state index in [-0.39, 0.29) is 4.70 Å². The lowest BCUT2D eigenvalue weighted by Crippen LogP contribution is -1.81. The van der Waals surface area contributed by atoms with E-state index in [0.29, 0.717) is 0 Å². The van der Waals surface area contributed by atoms with Crippen molar-refractivity contribution in [2.45, 2.75) is 0 Å². The van der Waals surface area contributed by atoms with Crippen LogP contribution in [-0.4, -0.2) is 16.4 Å². The summed E-state index contributed by atoms with van der Waals surface area (Å²) in [5.74, 6) is 0. The van der Waals surface area contributed by atoms with Gasteiger partial charge in [0.2, 0.25) is 0 Å². The molecule has 0 aliphatic carbocycles. The summed E-state index contributed by atoms with van der Waals surface area (Å²) in [5, 5.41) is 13.9. The molecule has 32 valence electrons. The van der Waals surface area contributed by atoms with E-state index in [2.05, 4.69) is 0 Å². The number of hydrogen-bond donors (Lipinski definition) is 2. The van der Waals surface area contributed by atoms with Crippen LogP contribution in [0, 0.1) is 0 Å². The van der Waals surface area contributed by atoms with E-state index in [1.807, 2.05) is 0 Å². The van der Waals surface area contributed by atoms with Gasteiger partial charge in [0.05, 0.1) is 0 Å². The van der Waals surface area contributed by atoms with Gasteiger partial charge in [0, 0.05) is 0 Å². The molecule has 0 saturated carbocycles. The molecule has 0 fully saturated rings. The van der Waals surface area contributed by atoms with Gasteiger partial charge in [0.15, 0.2) is 0 Å². The Balaban J connectivity index is 0. The van der Waals surface area contributed by atoms with Crippen LogP contribution in [0.2, 0.25) is 0 Å². The van der Waals surface area contributed by atoms with Crippen molar-refractivity contribution < 1.29 is 19.7 Å². The van der Waals surface area contributed by atoms with E-state index >= 15 is 0 Å². The molecule has 5 heavy (non-hydrogen) atoms. The minimum Gasteiger partial charge on any atom is -0.450 e. The first kappa shape index (κ1) is 8.89. The van der Waals surface area contributed by atoms with E-state index in [9.17, 15) is 0 Å². The van der Waals surface area contributed by atoms with Crippen LogP contribution in [0.1, 0.15) is 0 Å². The molecular formula is CH3FO3. The minimum absolute atomic E-state index is 0. The molecule has 0 aliphatic rings. The maximum Gasteiger partial charge on any atom is 0.503 e. The maximum absolute atomic E-state index is 8.56. The Labute approximate surface area is 27.2 Å². The quantitative estimate of drug-likeness (QED) is 0.444. The van der Waals surface area contributed by atoms with Gasteiger partial charge in [-0.2, -0.15) is 0 Å². The van der Waals surface area contributed by atoms with Gasteiger partial charge >= 0.3 is 6.16 Å². The van der Waals surface area contributed by atoms with Crippen molar-refractivity contribution in [3.63, 3.8) is 0 Å². The Morgan fingerprint density at radius 3 is 1.40 bits per heavy atom. The Hall–Kier alpha value is -0.800. The van der Waals surface area contributed by atoms with E-state index in [4.69, 9.17) is 15.0 Å². The molecule has 0 radical (unpaired) electrons. The predicted molar refractivity (Wildman–Crippen MR) is 13.2 cm³/mol. The van der Waals surface area contributed by atoms with Crippen LogP contribution in [0.4, 0.5) is 9.50 Å². The number of carbonyl (C=O) groups is 1. The van der Waals surface area contributed by atoms with Gasteiger partial charge in [0.25, 0.3) is 0 Å². The Kier molecular flexibility index (Phi) is 5.69. The molecule has 0 unspecified atom stereocenters. The van der Waals surface area contributed by atoms with Crippen molar-refractivity contribution >= 4 is 6.16 Å². The molecule has 0 aromatic carbocycles. The fourth-order valence-corrected chi connectivity index (χ4v) is 0. The molecule has 0 aromatic rings. The zero-order valence-electron chi connectivity index (χ0n) is 2.21. The number of carboxylic acid groups (broad SMARTS) is 2. The molecule has 0 bridgehead atoms. The van der Waals surface area contributed by atoms with Crippen LogP contribution in [0.25, 0.3) is 0 Å². The number of rotatable bonds is 0. The summed E-state index contributed by atoms with van der Waals surface area (Å²) in [6.07, 6.45) is -1.83. The standard InChI is InChI=1S/CH2O3.FH/c2-1(3)4;/h(H2,2,3,4);1H. The van der Waals surface area contributed by atoms with Crippen molar-refractivity contribution in [3.05, 3.63) is 0 Å². The van der Waals surface area contributed by atoms with Gasteiger partial charge in [-0.15, -0.1) is 0 Å². The molecule has 0 rings (SSSR count). The van der Waals surface area contributed by atoms with E-state index in [0.717, 1.165) is 0 Å². The van der Waals surface area contributed by atoms with Crippen molar-refractivity contribution in [2.75, 3.05) is 0 Å². The van der Waals surface area contributed by atoms with Gasteiger partial charge in [-0.05, 0) is 0 Å². The van der Waals surface area contributed by atoms with Crippen LogP contribution in [0.5, 0.6) is 0 Å². The third-order valence-electron chi connectivity index (χ3n) is 0. The van der Waals surface area contributed by atoms with Crippen LogP contribution < -0.4 is 0 Å². The highest BCUT2D eigenvalue weighted by Crippen LogP contribution is 1.42. The van der Waals surface area contributed by atoms with Crippen molar-refractivity contribution in [1.29, 1.82) is 0 Å². The molecule has 0 saturated heterocycles. The average molecular weight is 82.0 g/mol. The molecule has 0 atom stereocenters. The topological polar surface area (TPSA) is 57.5 Å². The molecular weight excluding hydrogens is 79.0 g/mol. The molecule has 0 spiro atoms. The fourth-order valence-electron chi connectivity index (χ4n) is 0. The molecule has 4 heteroatoms. The van der Waals surface area contributed by atoms with Crippen LogP contribution in [-0.2, 0) is 0 Å². The Morgan fingerprint density at radius 2 is 1.40 bits per heavy atom. The first-order valence-electron chi connectivity index (χ1n) is 0.651. The largest absolute Gasteiger partial charge is 0.503 e. The summed E-state index contributed by atoms with van der Waals surface area (Å²) >= 11 is 0. The summed E-state index contributed by atoms with van der Waals surface area (Å²) in [6, 6.07) is 0. The lowest BCUT2D eigenvalue weighted by Gasteiger charge is -1.60. The molecule has 3 nitrogen and oxygen atoms in total. The third kappa shape index (κ3) is 7.20. The lowest BCUT2D eigenvalue weighted by atomic mass is 11.5. The summed E-state index contributed by atoms with van der Waals surface area (Å²) in [7, 11) is 0. The highest BCUT2D eigenvalue weighted by molar-refractivity contribution is 5.53. The first-order chi connectivity index (χ1) is 1.73. The van der Waals surface area contributed by atoms with Gasteiger partial charge in [0.1, 0.15) is 0 Å². The van der Waals surface area contributed by atoms with Crippen LogP contribution in [0.3, 0.4) is 0 Å². The predicted octanol–water partition coefficient (Wildman–Crippen LogP) is 0.375. The summed E-state index contributed by atoms with van der Waals surface area (Å²) in [6.45, 7) is 0. The highest BCUT2D eigenvalue weighted by Gasteiger charge is 1.70. The monoisotopic (exact) mass is 82.0 g/mol. The van der Waals surface area contributed by atoms with E-state index in [1.54, 1.807) is 0 Å². The van der Waals surface area contributed by atoms with Crippen molar-refractivity contribution in [3.8, 4) is 0 Å². The molecule has 0 aliphatic heterocycles. The second kappa shape index (κ2) is 3.20. The zero-order chi connectivity index (χ0) is 3.58. The molecule has 2 N–H and O–H groups in total. The third-order valence-corrected chi connectivity index (χ3v) is 0. The first-order valence-corrected chi connectivity index (χ1v) is 0.651.